The summed E-state index contributed by atoms with van der Waals surface area (Å²) < 4.78 is 5.52. The van der Waals surface area contributed by atoms with Gasteiger partial charge in [-0.2, -0.15) is 0 Å². The van der Waals surface area contributed by atoms with Gasteiger partial charge in [0.15, 0.2) is 0 Å². The number of hydrogen-bond donors (Lipinski definition) is 1. The molecule has 0 saturated carbocycles. The van der Waals surface area contributed by atoms with E-state index >= 15 is 0 Å². The molecule has 1 aromatic carbocycles. The van der Waals surface area contributed by atoms with E-state index in [1.54, 1.807) is 0 Å². The lowest BCUT2D eigenvalue weighted by atomic mass is 10.0. The summed E-state index contributed by atoms with van der Waals surface area (Å²) >= 11 is 0. The molecule has 0 heterocycles. The van der Waals surface area contributed by atoms with Gasteiger partial charge >= 0.3 is 11.9 Å². The number of rotatable bonds is 10. The normalized spacial score (nSPS) is 11.9. The molecule has 116 valence electrons. The van der Waals surface area contributed by atoms with Gasteiger partial charge in [-0.05, 0) is 24.8 Å². The lowest BCUT2D eigenvalue weighted by molar-refractivity contribution is -0.149. The molecule has 1 N–H and O–H groups in total. The Morgan fingerprint density at radius 3 is 2.43 bits per heavy atom. The number of carbonyl (C=O) groups excluding carboxylic acids is 1. The Balaban J connectivity index is 2.35. The number of ether oxygens (including phenoxy) is 1. The lowest BCUT2D eigenvalue weighted by Crippen LogP contribution is -2.20. The van der Waals surface area contributed by atoms with Crippen LogP contribution in [0.15, 0.2) is 30.3 Å². The molecule has 0 saturated heterocycles. The highest BCUT2D eigenvalue weighted by molar-refractivity contribution is 5.70. The van der Waals surface area contributed by atoms with E-state index in [1.165, 1.54) is 0 Å². The maximum absolute atomic E-state index is 11.8. The van der Waals surface area contributed by atoms with Gasteiger partial charge in [0.25, 0.3) is 0 Å². The van der Waals surface area contributed by atoms with Crippen LogP contribution in [0.1, 0.15) is 51.0 Å². The van der Waals surface area contributed by atoms with Crippen LogP contribution in [0.5, 0.6) is 0 Å². The van der Waals surface area contributed by atoms with Crippen molar-refractivity contribution in [1.82, 2.24) is 0 Å². The Hall–Kier alpha value is -1.84. The van der Waals surface area contributed by atoms with Crippen LogP contribution in [-0.4, -0.2) is 23.1 Å². The summed E-state index contributed by atoms with van der Waals surface area (Å²) in [6.45, 7) is 2.07. The minimum absolute atomic E-state index is 0.0932. The summed E-state index contributed by atoms with van der Waals surface area (Å²) in [7, 11) is 0. The maximum Gasteiger partial charge on any atom is 0.306 e. The standard InChI is InChI=1S/C17H24O4/c1-2-8-15(13-14-9-4-3-5-10-14)21-17(20)12-7-6-11-16(18)19/h3-5,9-10,15H,2,6-8,11-13H2,1H3,(H,18,19). The van der Waals surface area contributed by atoms with Crippen LogP contribution in [0.3, 0.4) is 0 Å². The van der Waals surface area contributed by atoms with E-state index in [0.29, 0.717) is 19.3 Å². The second-order valence-corrected chi connectivity index (χ2v) is 5.19. The molecule has 0 spiro atoms. The Morgan fingerprint density at radius 1 is 1.14 bits per heavy atom. The van der Waals surface area contributed by atoms with E-state index < -0.39 is 5.97 Å². The number of benzene rings is 1. The third-order valence-corrected chi connectivity index (χ3v) is 3.24. The second-order valence-electron chi connectivity index (χ2n) is 5.19. The topological polar surface area (TPSA) is 63.6 Å². The predicted octanol–water partition coefficient (Wildman–Crippen LogP) is 3.59. The molecule has 1 unspecified atom stereocenters. The Morgan fingerprint density at radius 2 is 1.81 bits per heavy atom. The number of hydrogen-bond acceptors (Lipinski definition) is 3. The molecular formula is C17H24O4. The molecule has 0 aliphatic carbocycles. The van der Waals surface area contributed by atoms with Crippen molar-refractivity contribution in [2.24, 2.45) is 0 Å². The molecule has 0 radical (unpaired) electrons. The first-order chi connectivity index (χ1) is 10.1. The molecule has 0 amide bonds. The summed E-state index contributed by atoms with van der Waals surface area (Å²) in [5.41, 5.74) is 1.16. The number of carbonyl (C=O) groups is 2. The number of carboxylic acids is 1. The molecule has 4 nitrogen and oxygen atoms in total. The van der Waals surface area contributed by atoms with Gasteiger partial charge in [-0.3, -0.25) is 9.59 Å². The van der Waals surface area contributed by atoms with Crippen molar-refractivity contribution in [3.05, 3.63) is 35.9 Å². The predicted molar refractivity (Wildman–Crippen MR) is 81.0 cm³/mol. The monoisotopic (exact) mass is 292 g/mol. The van der Waals surface area contributed by atoms with Crippen LogP contribution in [-0.2, 0) is 20.7 Å². The van der Waals surface area contributed by atoms with Crippen molar-refractivity contribution < 1.29 is 19.4 Å². The van der Waals surface area contributed by atoms with Gasteiger partial charge in [0.2, 0.25) is 0 Å². The van der Waals surface area contributed by atoms with E-state index in [-0.39, 0.29) is 18.5 Å². The molecule has 0 aliphatic rings. The van der Waals surface area contributed by atoms with Crippen molar-refractivity contribution in [2.45, 2.75) is 58.0 Å². The highest BCUT2D eigenvalue weighted by Crippen LogP contribution is 2.13. The molecule has 0 aromatic heterocycles. The highest BCUT2D eigenvalue weighted by Gasteiger charge is 2.14. The molecular weight excluding hydrogens is 268 g/mol. The summed E-state index contributed by atoms with van der Waals surface area (Å²) in [5, 5.41) is 8.54. The smallest absolute Gasteiger partial charge is 0.306 e. The van der Waals surface area contributed by atoms with Crippen LogP contribution < -0.4 is 0 Å². The Kier molecular flexibility index (Phi) is 8.17. The number of carboxylic acid groups (broad SMARTS) is 1. The molecule has 0 fully saturated rings. The summed E-state index contributed by atoms with van der Waals surface area (Å²) in [5.74, 6) is -1.05. The average Bonchev–Trinajstić information content (AvgIpc) is 2.45. The van der Waals surface area contributed by atoms with Gasteiger partial charge in [-0.15, -0.1) is 0 Å². The van der Waals surface area contributed by atoms with Gasteiger partial charge in [0, 0.05) is 19.3 Å². The minimum Gasteiger partial charge on any atom is -0.481 e. The van der Waals surface area contributed by atoms with Crippen LogP contribution >= 0.6 is 0 Å². The zero-order valence-corrected chi connectivity index (χ0v) is 12.6. The first kappa shape index (κ1) is 17.2. The molecule has 1 aromatic rings. The lowest BCUT2D eigenvalue weighted by Gasteiger charge is -2.17. The second kappa shape index (κ2) is 9.97. The van der Waals surface area contributed by atoms with E-state index in [1.807, 2.05) is 30.3 Å². The fourth-order valence-electron chi connectivity index (χ4n) is 2.19. The molecule has 1 rings (SSSR count). The van der Waals surface area contributed by atoms with Crippen LogP contribution in [0.25, 0.3) is 0 Å². The maximum atomic E-state index is 11.8. The van der Waals surface area contributed by atoms with Crippen LogP contribution in [0.4, 0.5) is 0 Å². The molecule has 0 bridgehead atoms. The van der Waals surface area contributed by atoms with Crippen LogP contribution in [0.2, 0.25) is 0 Å². The van der Waals surface area contributed by atoms with Gasteiger partial charge in [0.05, 0.1) is 0 Å². The SMILES string of the molecule is CCCC(Cc1ccccc1)OC(=O)CCCCC(=O)O. The van der Waals surface area contributed by atoms with Crippen molar-refractivity contribution in [2.75, 3.05) is 0 Å². The summed E-state index contributed by atoms with van der Waals surface area (Å²) in [6, 6.07) is 9.98. The number of esters is 1. The Labute approximate surface area is 126 Å². The van der Waals surface area contributed by atoms with E-state index in [9.17, 15) is 9.59 Å². The zero-order chi connectivity index (χ0) is 15.5. The fourth-order valence-corrected chi connectivity index (χ4v) is 2.19. The van der Waals surface area contributed by atoms with Gasteiger partial charge in [-0.25, -0.2) is 0 Å². The summed E-state index contributed by atoms with van der Waals surface area (Å²) in [4.78, 5) is 22.2. The third kappa shape index (κ3) is 8.12. The quantitative estimate of drug-likeness (QED) is 0.529. The average molecular weight is 292 g/mol. The van der Waals surface area contributed by atoms with Gasteiger partial charge in [-0.1, -0.05) is 43.7 Å². The number of aliphatic carboxylic acids is 1. The first-order valence-electron chi connectivity index (χ1n) is 7.57. The van der Waals surface area contributed by atoms with E-state index in [2.05, 4.69) is 6.92 Å². The minimum atomic E-state index is -0.823. The van der Waals surface area contributed by atoms with Crippen molar-refractivity contribution >= 4 is 11.9 Å². The molecule has 1 atom stereocenters. The van der Waals surface area contributed by atoms with Gasteiger partial charge in [0.1, 0.15) is 6.10 Å². The number of unbranched alkanes of at least 4 members (excludes halogenated alkanes) is 1. The van der Waals surface area contributed by atoms with Crippen molar-refractivity contribution in [1.29, 1.82) is 0 Å². The van der Waals surface area contributed by atoms with E-state index in [4.69, 9.17) is 9.84 Å². The molecule has 0 aliphatic heterocycles. The van der Waals surface area contributed by atoms with Crippen molar-refractivity contribution in [3.8, 4) is 0 Å². The first-order valence-corrected chi connectivity index (χ1v) is 7.57. The third-order valence-electron chi connectivity index (χ3n) is 3.24. The largest absolute Gasteiger partial charge is 0.481 e. The Bertz CT molecular complexity index is 428. The van der Waals surface area contributed by atoms with Crippen LogP contribution in [0, 0.1) is 0 Å². The molecule has 4 heteroatoms. The van der Waals surface area contributed by atoms with E-state index in [0.717, 1.165) is 24.8 Å². The zero-order valence-electron chi connectivity index (χ0n) is 12.6. The van der Waals surface area contributed by atoms with Crippen molar-refractivity contribution in [3.63, 3.8) is 0 Å². The fraction of sp³-hybridized carbons (Fsp3) is 0.529. The summed E-state index contributed by atoms with van der Waals surface area (Å²) in [6.07, 6.45) is 3.92. The molecule has 21 heavy (non-hydrogen) atoms. The highest BCUT2D eigenvalue weighted by atomic mass is 16.5. The van der Waals surface area contributed by atoms with Gasteiger partial charge < -0.3 is 9.84 Å².